The third-order valence-electron chi connectivity index (χ3n) is 2.97. The van der Waals surface area contributed by atoms with Crippen LogP contribution in [0.25, 0.3) is 0 Å². The molecule has 1 aliphatic carbocycles. The molecular weight excluding hydrogens is 190 g/mol. The molecular formula is C12H17NO2. The first-order valence-corrected chi connectivity index (χ1v) is 5.68. The first kappa shape index (κ1) is 10.3. The number of carbonyl (C=O) groups is 1. The highest BCUT2D eigenvalue weighted by molar-refractivity contribution is 5.72. The molecule has 15 heavy (non-hydrogen) atoms. The van der Waals surface area contributed by atoms with Crippen molar-refractivity contribution in [2.24, 2.45) is 5.92 Å². The molecule has 0 aromatic carbocycles. The molecule has 1 aromatic heterocycles. The Bertz CT molecular complexity index is 299. The van der Waals surface area contributed by atoms with E-state index in [-0.39, 0.29) is 5.97 Å². The Labute approximate surface area is 89.8 Å². The lowest BCUT2D eigenvalue weighted by atomic mass is 9.87. The molecule has 0 amide bonds. The molecule has 0 radical (unpaired) electrons. The summed E-state index contributed by atoms with van der Waals surface area (Å²) in [5.74, 6) is 0.987. The number of ether oxygens (including phenoxy) is 1. The van der Waals surface area contributed by atoms with Crippen LogP contribution in [0.3, 0.4) is 0 Å². The van der Waals surface area contributed by atoms with Crippen LogP contribution in [0.5, 0.6) is 5.88 Å². The zero-order chi connectivity index (χ0) is 10.5. The summed E-state index contributed by atoms with van der Waals surface area (Å²) >= 11 is 0. The summed E-state index contributed by atoms with van der Waals surface area (Å²) in [6.45, 7) is 0. The number of aromatic amines is 1. The van der Waals surface area contributed by atoms with E-state index in [9.17, 15) is 4.79 Å². The molecule has 0 unspecified atom stereocenters. The van der Waals surface area contributed by atoms with Crippen LogP contribution < -0.4 is 4.74 Å². The van der Waals surface area contributed by atoms with Crippen molar-refractivity contribution in [3.8, 4) is 5.88 Å². The third-order valence-corrected chi connectivity index (χ3v) is 2.97. The molecule has 1 N–H and O–H groups in total. The fraction of sp³-hybridized carbons (Fsp3) is 0.583. The lowest BCUT2D eigenvalue weighted by molar-refractivity contribution is -0.135. The van der Waals surface area contributed by atoms with Crippen molar-refractivity contribution in [2.45, 2.75) is 38.5 Å². The van der Waals surface area contributed by atoms with E-state index < -0.39 is 0 Å². The van der Waals surface area contributed by atoms with Gasteiger partial charge in [0.2, 0.25) is 5.88 Å². The Morgan fingerprint density at radius 1 is 1.40 bits per heavy atom. The smallest absolute Gasteiger partial charge is 0.312 e. The van der Waals surface area contributed by atoms with Crippen LogP contribution in [0.1, 0.15) is 38.5 Å². The number of aromatic nitrogens is 1. The van der Waals surface area contributed by atoms with Crippen molar-refractivity contribution in [3.63, 3.8) is 0 Å². The maximum atomic E-state index is 11.5. The van der Waals surface area contributed by atoms with Gasteiger partial charge in [-0.1, -0.05) is 19.3 Å². The number of H-pyrrole nitrogens is 1. The van der Waals surface area contributed by atoms with Crippen LogP contribution in [0.4, 0.5) is 0 Å². The number of hydrogen-bond acceptors (Lipinski definition) is 2. The molecule has 3 heteroatoms. The van der Waals surface area contributed by atoms with E-state index in [1.807, 2.05) is 6.07 Å². The van der Waals surface area contributed by atoms with Crippen molar-refractivity contribution in [3.05, 3.63) is 18.3 Å². The molecule has 2 rings (SSSR count). The molecule has 1 saturated carbocycles. The van der Waals surface area contributed by atoms with Gasteiger partial charge in [0.1, 0.15) is 0 Å². The second kappa shape index (κ2) is 5.01. The number of carbonyl (C=O) groups excluding carboxylic acids is 1. The predicted molar refractivity (Wildman–Crippen MR) is 57.6 cm³/mol. The van der Waals surface area contributed by atoms with Crippen LogP contribution in [0.15, 0.2) is 18.3 Å². The highest BCUT2D eigenvalue weighted by Crippen LogP contribution is 2.26. The van der Waals surface area contributed by atoms with E-state index in [4.69, 9.17) is 4.74 Å². The summed E-state index contributed by atoms with van der Waals surface area (Å²) in [5, 5.41) is 0. The Kier molecular flexibility index (Phi) is 3.43. The van der Waals surface area contributed by atoms with Gasteiger partial charge in [0.25, 0.3) is 0 Å². The van der Waals surface area contributed by atoms with Gasteiger partial charge in [-0.3, -0.25) is 4.79 Å². The van der Waals surface area contributed by atoms with Crippen LogP contribution >= 0.6 is 0 Å². The normalized spacial score (nSPS) is 17.6. The minimum Gasteiger partial charge on any atom is -0.410 e. The molecule has 3 nitrogen and oxygen atoms in total. The van der Waals surface area contributed by atoms with Gasteiger partial charge in [-0.15, -0.1) is 0 Å². The molecule has 0 saturated heterocycles. The van der Waals surface area contributed by atoms with Gasteiger partial charge in [-0.25, -0.2) is 0 Å². The van der Waals surface area contributed by atoms with Gasteiger partial charge >= 0.3 is 5.97 Å². The second-order valence-electron chi connectivity index (χ2n) is 4.22. The van der Waals surface area contributed by atoms with E-state index in [1.54, 1.807) is 12.3 Å². The molecule has 82 valence electrons. The van der Waals surface area contributed by atoms with Gasteiger partial charge in [0.05, 0.1) is 0 Å². The first-order chi connectivity index (χ1) is 7.34. The fourth-order valence-corrected chi connectivity index (χ4v) is 2.17. The number of nitrogens with one attached hydrogen (secondary N) is 1. The molecule has 1 fully saturated rings. The summed E-state index contributed by atoms with van der Waals surface area (Å²) in [7, 11) is 0. The maximum Gasteiger partial charge on any atom is 0.312 e. The van der Waals surface area contributed by atoms with E-state index in [0.717, 1.165) is 0 Å². The van der Waals surface area contributed by atoms with Gasteiger partial charge < -0.3 is 9.72 Å². The summed E-state index contributed by atoms with van der Waals surface area (Å²) in [5.41, 5.74) is 0. The summed E-state index contributed by atoms with van der Waals surface area (Å²) in [6, 6.07) is 3.59. The monoisotopic (exact) mass is 207 g/mol. The van der Waals surface area contributed by atoms with Crippen LogP contribution in [0.2, 0.25) is 0 Å². The average Bonchev–Trinajstić information content (AvgIpc) is 2.71. The minimum atomic E-state index is -0.107. The molecule has 1 aromatic rings. The summed E-state index contributed by atoms with van der Waals surface area (Å²) < 4.78 is 5.16. The van der Waals surface area contributed by atoms with Gasteiger partial charge in [0.15, 0.2) is 0 Å². The topological polar surface area (TPSA) is 42.1 Å². The Balaban J connectivity index is 1.76. The highest BCUT2D eigenvalue weighted by Gasteiger charge is 2.18. The van der Waals surface area contributed by atoms with E-state index in [1.165, 1.54) is 32.1 Å². The number of rotatable bonds is 3. The van der Waals surface area contributed by atoms with E-state index in [0.29, 0.717) is 18.2 Å². The number of hydrogen-bond donors (Lipinski definition) is 1. The Hall–Kier alpha value is -1.25. The van der Waals surface area contributed by atoms with E-state index in [2.05, 4.69) is 4.98 Å². The van der Waals surface area contributed by atoms with E-state index >= 15 is 0 Å². The quantitative estimate of drug-likeness (QED) is 0.774. The lowest BCUT2D eigenvalue weighted by Crippen LogP contribution is -2.16. The molecule has 1 heterocycles. The Morgan fingerprint density at radius 3 is 2.87 bits per heavy atom. The summed E-state index contributed by atoms with van der Waals surface area (Å²) in [4.78, 5) is 14.4. The van der Waals surface area contributed by atoms with Gasteiger partial charge in [-0.2, -0.15) is 0 Å². The van der Waals surface area contributed by atoms with Crippen molar-refractivity contribution in [1.82, 2.24) is 4.98 Å². The minimum absolute atomic E-state index is 0.107. The van der Waals surface area contributed by atoms with Gasteiger partial charge in [0, 0.05) is 18.7 Å². The van der Waals surface area contributed by atoms with Crippen LogP contribution in [0, 0.1) is 5.92 Å². The van der Waals surface area contributed by atoms with Gasteiger partial charge in [-0.05, 0) is 24.8 Å². The van der Waals surface area contributed by atoms with Crippen molar-refractivity contribution in [1.29, 1.82) is 0 Å². The molecule has 1 aliphatic rings. The Morgan fingerprint density at radius 2 is 2.20 bits per heavy atom. The van der Waals surface area contributed by atoms with Crippen LogP contribution in [-0.4, -0.2) is 11.0 Å². The summed E-state index contributed by atoms with van der Waals surface area (Å²) in [6.07, 6.45) is 8.53. The zero-order valence-corrected chi connectivity index (χ0v) is 8.87. The van der Waals surface area contributed by atoms with Crippen molar-refractivity contribution in [2.75, 3.05) is 0 Å². The average molecular weight is 207 g/mol. The molecule has 0 atom stereocenters. The maximum absolute atomic E-state index is 11.5. The van der Waals surface area contributed by atoms with Crippen molar-refractivity contribution >= 4 is 5.97 Å². The predicted octanol–water partition coefficient (Wildman–Crippen LogP) is 2.89. The fourth-order valence-electron chi connectivity index (χ4n) is 2.17. The third kappa shape index (κ3) is 3.11. The first-order valence-electron chi connectivity index (χ1n) is 5.68. The standard InChI is InChI=1S/C12H17NO2/c14-12(15-11-7-4-8-13-11)9-10-5-2-1-3-6-10/h4,7-8,10,13H,1-3,5-6,9H2. The lowest BCUT2D eigenvalue weighted by Gasteiger charge is -2.20. The molecule has 0 spiro atoms. The SMILES string of the molecule is O=C(CC1CCCCC1)Oc1ccc[nH]1. The molecule has 0 bridgehead atoms. The van der Waals surface area contributed by atoms with Crippen molar-refractivity contribution < 1.29 is 9.53 Å². The van der Waals surface area contributed by atoms with Crippen LogP contribution in [-0.2, 0) is 4.79 Å². The zero-order valence-electron chi connectivity index (χ0n) is 8.87. The largest absolute Gasteiger partial charge is 0.410 e. The second-order valence-corrected chi connectivity index (χ2v) is 4.22. The number of esters is 1. The molecule has 0 aliphatic heterocycles. The highest BCUT2D eigenvalue weighted by atomic mass is 16.5.